The molecule has 0 saturated heterocycles. The molecule has 0 heterocycles. The monoisotopic (exact) mass is 338 g/mol. The van der Waals surface area contributed by atoms with Crippen molar-refractivity contribution in [2.24, 2.45) is 4.40 Å². The molecule has 0 aromatic heterocycles. The van der Waals surface area contributed by atoms with E-state index < -0.39 is 14.9 Å². The van der Waals surface area contributed by atoms with Crippen molar-refractivity contribution >= 4 is 33.0 Å². The fraction of sp³-hybridized carbons (Fsp3) is 0.0714. The summed E-state index contributed by atoms with van der Waals surface area (Å²) in [7, 11) is -3.93. The van der Waals surface area contributed by atoms with Gasteiger partial charge in [0.25, 0.3) is 15.7 Å². The van der Waals surface area contributed by atoms with E-state index in [4.69, 9.17) is 11.6 Å². The Morgan fingerprint density at radius 2 is 1.64 bits per heavy atom. The molecule has 0 fully saturated rings. The molecule has 6 nitrogen and oxygen atoms in total. The molecule has 0 atom stereocenters. The van der Waals surface area contributed by atoms with Crippen LogP contribution in [-0.2, 0) is 10.0 Å². The number of benzene rings is 2. The molecular weight excluding hydrogens is 328 g/mol. The van der Waals surface area contributed by atoms with Crippen LogP contribution in [0.1, 0.15) is 12.5 Å². The summed E-state index contributed by atoms with van der Waals surface area (Å²) in [5, 5.41) is 11.1. The molecule has 2 aromatic carbocycles. The number of nitrogens with zero attached hydrogens (tertiary/aromatic N) is 2. The summed E-state index contributed by atoms with van der Waals surface area (Å²) in [6.07, 6.45) is 0. The first-order valence-electron chi connectivity index (χ1n) is 6.11. The molecule has 0 aliphatic carbocycles. The smallest absolute Gasteiger partial charge is 0.258 e. The van der Waals surface area contributed by atoms with E-state index in [0.717, 1.165) is 24.3 Å². The number of nitro groups is 1. The second-order valence-corrected chi connectivity index (χ2v) is 6.45. The third kappa shape index (κ3) is 3.69. The number of sulfonamides is 1. The fourth-order valence-electron chi connectivity index (χ4n) is 1.72. The summed E-state index contributed by atoms with van der Waals surface area (Å²) in [5.74, 6) is 0. The van der Waals surface area contributed by atoms with Crippen LogP contribution in [0.4, 0.5) is 5.69 Å². The summed E-state index contributed by atoms with van der Waals surface area (Å²) in [6.45, 7) is 1.56. The van der Waals surface area contributed by atoms with Gasteiger partial charge in [0, 0.05) is 17.2 Å². The van der Waals surface area contributed by atoms with Crippen molar-refractivity contribution in [1.82, 2.24) is 0 Å². The number of hydrogen-bond acceptors (Lipinski definition) is 4. The Kier molecular flexibility index (Phi) is 4.58. The first kappa shape index (κ1) is 16.1. The average Bonchev–Trinajstić information content (AvgIpc) is 2.47. The van der Waals surface area contributed by atoms with Crippen molar-refractivity contribution in [2.75, 3.05) is 0 Å². The van der Waals surface area contributed by atoms with Gasteiger partial charge in [0.05, 0.1) is 15.5 Å². The van der Waals surface area contributed by atoms with E-state index in [1.54, 1.807) is 31.2 Å². The Bertz CT molecular complexity index is 828. The number of nitro benzene ring substituents is 1. The zero-order valence-electron chi connectivity index (χ0n) is 11.4. The molecule has 0 unspecified atom stereocenters. The van der Waals surface area contributed by atoms with Gasteiger partial charge in [0.15, 0.2) is 0 Å². The van der Waals surface area contributed by atoms with Crippen LogP contribution in [0.5, 0.6) is 0 Å². The number of rotatable bonds is 4. The Balaban J connectivity index is 2.35. The zero-order chi connectivity index (χ0) is 16.3. The van der Waals surface area contributed by atoms with Gasteiger partial charge < -0.3 is 0 Å². The van der Waals surface area contributed by atoms with E-state index in [1.165, 1.54) is 0 Å². The van der Waals surface area contributed by atoms with Gasteiger partial charge in [-0.25, -0.2) is 0 Å². The molecule has 0 saturated carbocycles. The van der Waals surface area contributed by atoms with E-state index in [-0.39, 0.29) is 10.6 Å². The minimum absolute atomic E-state index is 0.105. The van der Waals surface area contributed by atoms with Crippen molar-refractivity contribution in [3.05, 3.63) is 69.2 Å². The molecular formula is C14H11ClN2O4S. The molecule has 0 radical (unpaired) electrons. The zero-order valence-corrected chi connectivity index (χ0v) is 13.0. The normalized spacial score (nSPS) is 12.2. The van der Waals surface area contributed by atoms with Gasteiger partial charge in [-0.15, -0.1) is 0 Å². The minimum Gasteiger partial charge on any atom is -0.258 e. The average molecular weight is 339 g/mol. The number of non-ortho nitro benzene ring substituents is 1. The summed E-state index contributed by atoms with van der Waals surface area (Å²) in [4.78, 5) is 9.87. The standard InChI is InChI=1S/C14H11ClN2O4S/c1-10(11-2-4-12(15)5-3-11)16-22(20,21)14-8-6-13(7-9-14)17(18)19/h2-9H,1H3/b16-10-. The van der Waals surface area contributed by atoms with E-state index in [9.17, 15) is 18.5 Å². The molecule has 0 N–H and O–H groups in total. The minimum atomic E-state index is -3.93. The molecule has 0 aliphatic heterocycles. The molecule has 0 aliphatic rings. The highest BCUT2D eigenvalue weighted by atomic mass is 35.5. The topological polar surface area (TPSA) is 89.6 Å². The maximum Gasteiger partial charge on any atom is 0.282 e. The summed E-state index contributed by atoms with van der Waals surface area (Å²) in [5.41, 5.74) is 0.738. The Morgan fingerprint density at radius 1 is 1.09 bits per heavy atom. The highest BCUT2D eigenvalue weighted by molar-refractivity contribution is 7.90. The quantitative estimate of drug-likeness (QED) is 0.485. The van der Waals surface area contributed by atoms with Gasteiger partial charge in [-0.05, 0) is 36.8 Å². The van der Waals surface area contributed by atoms with E-state index >= 15 is 0 Å². The summed E-state index contributed by atoms with van der Waals surface area (Å²) < 4.78 is 28.1. The van der Waals surface area contributed by atoms with Crippen LogP contribution < -0.4 is 0 Å². The maximum absolute atomic E-state index is 12.2. The van der Waals surface area contributed by atoms with E-state index in [0.29, 0.717) is 16.3 Å². The lowest BCUT2D eigenvalue weighted by molar-refractivity contribution is -0.384. The van der Waals surface area contributed by atoms with E-state index in [2.05, 4.69) is 4.40 Å². The van der Waals surface area contributed by atoms with Crippen molar-refractivity contribution in [3.63, 3.8) is 0 Å². The molecule has 22 heavy (non-hydrogen) atoms. The largest absolute Gasteiger partial charge is 0.282 e. The highest BCUT2D eigenvalue weighted by Gasteiger charge is 2.15. The highest BCUT2D eigenvalue weighted by Crippen LogP contribution is 2.19. The van der Waals surface area contributed by atoms with Crippen molar-refractivity contribution < 1.29 is 13.3 Å². The van der Waals surface area contributed by atoms with Crippen LogP contribution in [0.3, 0.4) is 0 Å². The third-order valence-electron chi connectivity index (χ3n) is 2.86. The molecule has 0 amide bonds. The van der Waals surface area contributed by atoms with Gasteiger partial charge in [0.2, 0.25) is 0 Å². The molecule has 0 bridgehead atoms. The SMILES string of the molecule is C/C(=N/S(=O)(=O)c1ccc([N+](=O)[O-])cc1)c1ccc(Cl)cc1. The second kappa shape index (κ2) is 6.25. The number of hydrogen-bond donors (Lipinski definition) is 0. The van der Waals surface area contributed by atoms with Crippen LogP contribution in [-0.4, -0.2) is 19.1 Å². The maximum atomic E-state index is 12.2. The van der Waals surface area contributed by atoms with Crippen LogP contribution in [0, 0.1) is 10.1 Å². The lowest BCUT2D eigenvalue weighted by Gasteiger charge is -2.03. The van der Waals surface area contributed by atoms with Crippen molar-refractivity contribution in [1.29, 1.82) is 0 Å². The van der Waals surface area contributed by atoms with Crippen molar-refractivity contribution in [3.8, 4) is 0 Å². The van der Waals surface area contributed by atoms with E-state index in [1.807, 2.05) is 0 Å². The second-order valence-electron chi connectivity index (χ2n) is 4.41. The molecule has 2 rings (SSSR count). The van der Waals surface area contributed by atoms with Gasteiger partial charge in [-0.1, -0.05) is 23.7 Å². The first-order valence-corrected chi connectivity index (χ1v) is 7.93. The van der Waals surface area contributed by atoms with Crippen LogP contribution in [0.15, 0.2) is 57.8 Å². The van der Waals surface area contributed by atoms with Crippen LogP contribution in [0.2, 0.25) is 5.02 Å². The molecule has 2 aromatic rings. The van der Waals surface area contributed by atoms with Crippen molar-refractivity contribution in [2.45, 2.75) is 11.8 Å². The van der Waals surface area contributed by atoms with Gasteiger partial charge in [-0.3, -0.25) is 10.1 Å². The fourth-order valence-corrected chi connectivity index (χ4v) is 2.89. The Hall–Kier alpha value is -2.25. The third-order valence-corrected chi connectivity index (χ3v) is 4.50. The molecule has 114 valence electrons. The molecule has 0 spiro atoms. The predicted octanol–water partition coefficient (Wildman–Crippen LogP) is 3.45. The lowest BCUT2D eigenvalue weighted by Crippen LogP contribution is -2.03. The van der Waals surface area contributed by atoms with Gasteiger partial charge in [-0.2, -0.15) is 12.8 Å². The Labute approximate surface area is 132 Å². The first-order chi connectivity index (χ1) is 10.3. The lowest BCUT2D eigenvalue weighted by atomic mass is 10.1. The summed E-state index contributed by atoms with van der Waals surface area (Å²) in [6, 6.07) is 11.2. The predicted molar refractivity (Wildman–Crippen MR) is 83.9 cm³/mol. The molecule has 8 heteroatoms. The Morgan fingerprint density at radius 3 is 2.14 bits per heavy atom. The van der Waals surface area contributed by atoms with Gasteiger partial charge >= 0.3 is 0 Å². The number of halogens is 1. The van der Waals surface area contributed by atoms with Gasteiger partial charge in [0.1, 0.15) is 0 Å². The summed E-state index contributed by atoms with van der Waals surface area (Å²) >= 11 is 5.77. The van der Waals surface area contributed by atoms with Crippen LogP contribution >= 0.6 is 11.6 Å². The van der Waals surface area contributed by atoms with Crippen LogP contribution in [0.25, 0.3) is 0 Å².